The molecule has 0 bridgehead atoms. The van der Waals surface area contributed by atoms with Crippen LogP contribution in [0.1, 0.15) is 25.7 Å². The molecular formula is C15H22N6O2. The van der Waals surface area contributed by atoms with Gasteiger partial charge in [0.15, 0.2) is 5.82 Å². The first-order valence-corrected chi connectivity index (χ1v) is 7.94. The van der Waals surface area contributed by atoms with E-state index in [2.05, 4.69) is 15.5 Å². The largest absolute Gasteiger partial charge is 0.396 e. The Bertz CT molecular complexity index is 581. The van der Waals surface area contributed by atoms with Gasteiger partial charge in [0.2, 0.25) is 12.8 Å². The van der Waals surface area contributed by atoms with E-state index in [4.69, 9.17) is 10.7 Å². The molecule has 2 saturated heterocycles. The van der Waals surface area contributed by atoms with Crippen molar-refractivity contribution in [2.45, 2.75) is 38.0 Å². The van der Waals surface area contributed by atoms with E-state index in [1.54, 1.807) is 0 Å². The summed E-state index contributed by atoms with van der Waals surface area (Å²) in [5.41, 5.74) is 6.70. The monoisotopic (exact) mass is 318 g/mol. The molecule has 8 nitrogen and oxygen atoms in total. The van der Waals surface area contributed by atoms with Gasteiger partial charge in [-0.2, -0.15) is 0 Å². The van der Waals surface area contributed by atoms with Gasteiger partial charge in [-0.1, -0.05) is 0 Å². The fraction of sp³-hybridized carbons (Fsp3) is 0.533. The lowest BCUT2D eigenvalue weighted by Gasteiger charge is -2.29. The Labute approximate surface area is 135 Å². The Hall–Kier alpha value is -2.51. The Morgan fingerprint density at radius 2 is 1.65 bits per heavy atom. The minimum absolute atomic E-state index is 0.0288. The van der Waals surface area contributed by atoms with Crippen LogP contribution in [0.2, 0.25) is 0 Å². The van der Waals surface area contributed by atoms with E-state index in [1.165, 1.54) is 0 Å². The predicted molar refractivity (Wildman–Crippen MR) is 87.8 cm³/mol. The molecule has 2 aliphatic heterocycles. The molecule has 2 amide bonds. The van der Waals surface area contributed by atoms with Crippen molar-refractivity contribution in [1.82, 2.24) is 15.6 Å². The average Bonchev–Trinajstić information content (AvgIpc) is 3.18. The lowest BCUT2D eigenvalue weighted by Crippen LogP contribution is -2.43. The summed E-state index contributed by atoms with van der Waals surface area (Å²) in [7, 11) is 0. The molecule has 23 heavy (non-hydrogen) atoms. The zero-order chi connectivity index (χ0) is 16.2. The van der Waals surface area contributed by atoms with Crippen molar-refractivity contribution < 1.29 is 9.59 Å². The smallest absolute Gasteiger partial charge is 0.208 e. The summed E-state index contributed by atoms with van der Waals surface area (Å²) in [6, 6.07) is 3.71. The van der Waals surface area contributed by atoms with Crippen molar-refractivity contribution in [3.05, 3.63) is 12.1 Å². The maximum atomic E-state index is 10.8. The maximum absolute atomic E-state index is 10.8. The number of nitrogens with one attached hydrogen (secondary N) is 2. The van der Waals surface area contributed by atoms with Gasteiger partial charge in [0.05, 0.1) is 5.69 Å². The number of nitrogen functional groups attached to an aromatic ring is 1. The van der Waals surface area contributed by atoms with Crippen LogP contribution in [0.25, 0.3) is 0 Å². The standard InChI is InChI=1S/C15H22N6O2/c16-11-5-6-14(20-7-1-3-12(20)17-9-22)19-15(11)21-8-2-4-13(21)18-10-23/h5-6,9-10,12-13H,1-4,7-8,16H2,(H,17,22)(H,18,23). The molecule has 1 aromatic rings. The number of nitrogens with zero attached hydrogens (tertiary/aromatic N) is 3. The van der Waals surface area contributed by atoms with Crippen molar-refractivity contribution in [2.24, 2.45) is 0 Å². The third kappa shape index (κ3) is 3.01. The van der Waals surface area contributed by atoms with Crippen molar-refractivity contribution in [3.8, 4) is 0 Å². The quantitative estimate of drug-likeness (QED) is 0.638. The van der Waals surface area contributed by atoms with Crippen LogP contribution in [0.5, 0.6) is 0 Å². The van der Waals surface area contributed by atoms with E-state index in [0.717, 1.165) is 51.0 Å². The van der Waals surface area contributed by atoms with Crippen molar-refractivity contribution in [1.29, 1.82) is 0 Å². The number of carbonyl (C=O) groups excluding carboxylic acids is 2. The molecule has 2 fully saturated rings. The summed E-state index contributed by atoms with van der Waals surface area (Å²) < 4.78 is 0. The van der Waals surface area contributed by atoms with Gasteiger partial charge in [-0.25, -0.2) is 4.98 Å². The number of rotatable bonds is 6. The lowest BCUT2D eigenvalue weighted by molar-refractivity contribution is -0.110. The molecule has 0 radical (unpaired) electrons. The second kappa shape index (κ2) is 6.72. The Morgan fingerprint density at radius 1 is 1.04 bits per heavy atom. The molecule has 0 spiro atoms. The third-order valence-corrected chi connectivity index (χ3v) is 4.48. The summed E-state index contributed by atoms with van der Waals surface area (Å²) in [6.07, 6.45) is 5.11. The highest BCUT2D eigenvalue weighted by Crippen LogP contribution is 2.31. The van der Waals surface area contributed by atoms with Crippen LogP contribution < -0.4 is 26.2 Å². The van der Waals surface area contributed by atoms with E-state index >= 15 is 0 Å². The molecule has 0 aliphatic carbocycles. The van der Waals surface area contributed by atoms with Crippen LogP contribution in [-0.4, -0.2) is 43.2 Å². The van der Waals surface area contributed by atoms with Gasteiger partial charge in [-0.3, -0.25) is 9.59 Å². The summed E-state index contributed by atoms with van der Waals surface area (Å²) in [5, 5.41) is 5.64. The van der Waals surface area contributed by atoms with Gasteiger partial charge < -0.3 is 26.2 Å². The molecule has 2 aliphatic rings. The van der Waals surface area contributed by atoms with Crippen molar-refractivity contribution >= 4 is 30.1 Å². The topological polar surface area (TPSA) is 104 Å². The van der Waals surface area contributed by atoms with E-state index in [0.29, 0.717) is 17.9 Å². The highest BCUT2D eigenvalue weighted by molar-refractivity contribution is 5.68. The SMILES string of the molecule is Nc1ccc(N2CCCC2NC=O)nc1N1CCCC1NC=O. The molecule has 0 saturated carbocycles. The average molecular weight is 318 g/mol. The van der Waals surface area contributed by atoms with Crippen molar-refractivity contribution in [3.63, 3.8) is 0 Å². The normalized spacial score (nSPS) is 23.8. The Kier molecular flexibility index (Phi) is 4.50. The molecule has 4 N–H and O–H groups in total. The van der Waals surface area contributed by atoms with Crippen molar-refractivity contribution in [2.75, 3.05) is 28.6 Å². The first-order valence-electron chi connectivity index (χ1n) is 7.94. The molecule has 1 aromatic heterocycles. The molecule has 3 heterocycles. The van der Waals surface area contributed by atoms with Gasteiger partial charge in [-0.15, -0.1) is 0 Å². The van der Waals surface area contributed by atoms with Gasteiger partial charge in [0.1, 0.15) is 18.1 Å². The lowest BCUT2D eigenvalue weighted by atomic mass is 10.3. The second-order valence-electron chi connectivity index (χ2n) is 5.85. The number of pyridine rings is 1. The first-order chi connectivity index (χ1) is 11.2. The van der Waals surface area contributed by atoms with Gasteiger partial charge >= 0.3 is 0 Å². The fourth-order valence-corrected chi connectivity index (χ4v) is 3.40. The second-order valence-corrected chi connectivity index (χ2v) is 5.85. The molecule has 124 valence electrons. The number of carbonyl (C=O) groups is 2. The minimum atomic E-state index is -0.0694. The van der Waals surface area contributed by atoms with E-state index < -0.39 is 0 Å². The number of hydrogen-bond donors (Lipinski definition) is 3. The van der Waals surface area contributed by atoms with Crippen LogP contribution in [-0.2, 0) is 9.59 Å². The minimum Gasteiger partial charge on any atom is -0.396 e. The first kappa shape index (κ1) is 15.4. The Balaban J connectivity index is 1.87. The fourth-order valence-electron chi connectivity index (χ4n) is 3.40. The molecule has 0 aromatic carbocycles. The van der Waals surface area contributed by atoms with Crippen LogP contribution in [0, 0.1) is 0 Å². The number of hydrogen-bond acceptors (Lipinski definition) is 6. The van der Waals surface area contributed by atoms with Gasteiger partial charge in [0, 0.05) is 13.1 Å². The highest BCUT2D eigenvalue weighted by atomic mass is 16.1. The van der Waals surface area contributed by atoms with E-state index in [1.807, 2.05) is 17.0 Å². The van der Waals surface area contributed by atoms with Crippen LogP contribution >= 0.6 is 0 Å². The van der Waals surface area contributed by atoms with Crippen LogP contribution in [0.3, 0.4) is 0 Å². The summed E-state index contributed by atoms with van der Waals surface area (Å²) in [5.74, 6) is 1.49. The molecular weight excluding hydrogens is 296 g/mol. The molecule has 2 unspecified atom stereocenters. The molecule has 2 atom stereocenters. The summed E-state index contributed by atoms with van der Waals surface area (Å²) >= 11 is 0. The van der Waals surface area contributed by atoms with E-state index in [9.17, 15) is 9.59 Å². The van der Waals surface area contributed by atoms with Gasteiger partial charge in [-0.05, 0) is 37.8 Å². The zero-order valence-electron chi connectivity index (χ0n) is 12.9. The number of aromatic nitrogens is 1. The van der Waals surface area contributed by atoms with Gasteiger partial charge in [0.25, 0.3) is 0 Å². The number of anilines is 3. The van der Waals surface area contributed by atoms with Crippen LogP contribution in [0.4, 0.5) is 17.3 Å². The summed E-state index contributed by atoms with van der Waals surface area (Å²) in [4.78, 5) is 30.4. The van der Waals surface area contributed by atoms with E-state index in [-0.39, 0.29) is 12.3 Å². The maximum Gasteiger partial charge on any atom is 0.208 e. The highest BCUT2D eigenvalue weighted by Gasteiger charge is 2.29. The Morgan fingerprint density at radius 3 is 2.30 bits per heavy atom. The summed E-state index contributed by atoms with van der Waals surface area (Å²) in [6.45, 7) is 1.65. The number of nitrogens with two attached hydrogens (primary N) is 1. The third-order valence-electron chi connectivity index (χ3n) is 4.48. The predicted octanol–water partition coefficient (Wildman–Crippen LogP) is 0.00840. The van der Waals surface area contributed by atoms with Crippen LogP contribution in [0.15, 0.2) is 12.1 Å². The number of amides is 2. The molecule has 3 rings (SSSR count). The zero-order valence-corrected chi connectivity index (χ0v) is 12.9. The molecule has 8 heteroatoms.